The van der Waals surface area contributed by atoms with E-state index in [0.29, 0.717) is 15.2 Å². The predicted octanol–water partition coefficient (Wildman–Crippen LogP) is 3.74. The molecule has 0 saturated heterocycles. The van der Waals surface area contributed by atoms with Crippen molar-refractivity contribution in [3.05, 3.63) is 29.3 Å². The van der Waals surface area contributed by atoms with Crippen LogP contribution in [0.1, 0.15) is 33.1 Å². The maximum Gasteiger partial charge on any atom is 0.249 e. The molecule has 1 fully saturated rings. The van der Waals surface area contributed by atoms with E-state index in [4.69, 9.17) is 11.6 Å². The van der Waals surface area contributed by atoms with Gasteiger partial charge in [0, 0.05) is 16.5 Å². The molecule has 2 N–H and O–H groups in total. The molecule has 6 nitrogen and oxygen atoms in total. The minimum absolute atomic E-state index is 0.0290. The van der Waals surface area contributed by atoms with E-state index in [-0.39, 0.29) is 23.7 Å². The summed E-state index contributed by atoms with van der Waals surface area (Å²) in [4.78, 5) is 24.8. The van der Waals surface area contributed by atoms with E-state index in [0.717, 1.165) is 24.8 Å². The van der Waals surface area contributed by atoms with E-state index >= 15 is 0 Å². The Bertz CT molecular complexity index is 789. The van der Waals surface area contributed by atoms with Gasteiger partial charge in [0.1, 0.15) is 11.0 Å². The molecule has 8 heteroatoms. The zero-order valence-corrected chi connectivity index (χ0v) is 16.2. The first-order chi connectivity index (χ1) is 12.5. The van der Waals surface area contributed by atoms with Crippen molar-refractivity contribution in [2.24, 2.45) is 11.8 Å². The Morgan fingerprint density at radius 1 is 1.27 bits per heavy atom. The Kier molecular flexibility index (Phi) is 5.88. The number of amides is 2. The van der Waals surface area contributed by atoms with E-state index < -0.39 is 6.04 Å². The third-order valence-electron chi connectivity index (χ3n) is 4.49. The lowest BCUT2D eigenvalue weighted by molar-refractivity contribution is -0.128. The standard InChI is InChI=1S/C18H21ClN4O2S/c1-3-10(2)14(20-15(24)11-4-5-11)16(25)21-18-23-22-17(26-18)12-6-8-13(19)9-7-12/h6-11,14H,3-5H2,1-2H3,(H,20,24)(H,21,23,25)/t10-,14-/m0/s1. The zero-order chi connectivity index (χ0) is 18.7. The van der Waals surface area contributed by atoms with Crippen molar-refractivity contribution in [2.45, 2.75) is 39.2 Å². The Morgan fingerprint density at radius 2 is 1.96 bits per heavy atom. The number of carbonyl (C=O) groups excluding carboxylic acids is 2. The van der Waals surface area contributed by atoms with Gasteiger partial charge in [0.15, 0.2) is 0 Å². The molecule has 138 valence electrons. The van der Waals surface area contributed by atoms with Crippen LogP contribution in [-0.4, -0.2) is 28.1 Å². The number of rotatable bonds is 7. The average Bonchev–Trinajstić information content (AvgIpc) is 3.39. The van der Waals surface area contributed by atoms with Crippen LogP contribution in [0.2, 0.25) is 5.02 Å². The molecule has 1 heterocycles. The molecule has 3 rings (SSSR count). The number of carbonyl (C=O) groups is 2. The molecular weight excluding hydrogens is 372 g/mol. The summed E-state index contributed by atoms with van der Waals surface area (Å²) in [5.74, 6) is -0.203. The van der Waals surface area contributed by atoms with Gasteiger partial charge in [0.05, 0.1) is 0 Å². The van der Waals surface area contributed by atoms with Crippen LogP contribution in [0.3, 0.4) is 0 Å². The van der Waals surface area contributed by atoms with E-state index in [1.165, 1.54) is 11.3 Å². The first-order valence-corrected chi connectivity index (χ1v) is 9.88. The molecule has 2 aromatic rings. The van der Waals surface area contributed by atoms with Crippen molar-refractivity contribution in [3.8, 4) is 10.6 Å². The van der Waals surface area contributed by atoms with Crippen LogP contribution in [0.5, 0.6) is 0 Å². The first kappa shape index (κ1) is 18.8. The minimum Gasteiger partial charge on any atom is -0.344 e. The van der Waals surface area contributed by atoms with E-state index in [2.05, 4.69) is 20.8 Å². The summed E-state index contributed by atoms with van der Waals surface area (Å²) in [5.41, 5.74) is 0.882. The van der Waals surface area contributed by atoms with Crippen molar-refractivity contribution in [1.82, 2.24) is 15.5 Å². The quantitative estimate of drug-likeness (QED) is 0.751. The first-order valence-electron chi connectivity index (χ1n) is 8.68. The maximum atomic E-state index is 12.7. The second-order valence-corrected chi connectivity index (χ2v) is 7.97. The highest BCUT2D eigenvalue weighted by Gasteiger charge is 2.34. The van der Waals surface area contributed by atoms with Gasteiger partial charge in [-0.2, -0.15) is 0 Å². The molecule has 2 amide bonds. The topological polar surface area (TPSA) is 84.0 Å². The molecule has 0 bridgehead atoms. The zero-order valence-electron chi connectivity index (χ0n) is 14.7. The second kappa shape index (κ2) is 8.14. The molecule has 0 spiro atoms. The summed E-state index contributed by atoms with van der Waals surface area (Å²) in [6.07, 6.45) is 2.60. The lowest BCUT2D eigenvalue weighted by atomic mass is 9.98. The van der Waals surface area contributed by atoms with Crippen LogP contribution in [0.15, 0.2) is 24.3 Å². The van der Waals surface area contributed by atoms with E-state index in [9.17, 15) is 9.59 Å². The molecule has 0 radical (unpaired) electrons. The summed E-state index contributed by atoms with van der Waals surface area (Å²) in [5, 5.41) is 15.6. The fraction of sp³-hybridized carbons (Fsp3) is 0.444. The van der Waals surface area contributed by atoms with Crippen molar-refractivity contribution in [3.63, 3.8) is 0 Å². The lowest BCUT2D eigenvalue weighted by Crippen LogP contribution is -2.48. The van der Waals surface area contributed by atoms with Crippen LogP contribution in [0.25, 0.3) is 10.6 Å². The predicted molar refractivity (Wildman–Crippen MR) is 103 cm³/mol. The van der Waals surface area contributed by atoms with E-state index in [1.807, 2.05) is 26.0 Å². The SMILES string of the molecule is CC[C@H](C)[C@H](NC(=O)C1CC1)C(=O)Nc1nnc(-c2ccc(Cl)cc2)s1. The monoisotopic (exact) mass is 392 g/mol. The number of benzene rings is 1. The summed E-state index contributed by atoms with van der Waals surface area (Å²) in [7, 11) is 0. The molecule has 1 aromatic heterocycles. The highest BCUT2D eigenvalue weighted by Crippen LogP contribution is 2.30. The second-order valence-electron chi connectivity index (χ2n) is 6.55. The smallest absolute Gasteiger partial charge is 0.249 e. The number of nitrogens with one attached hydrogen (secondary N) is 2. The van der Waals surface area contributed by atoms with Crippen LogP contribution in [-0.2, 0) is 9.59 Å². The molecule has 26 heavy (non-hydrogen) atoms. The minimum atomic E-state index is -0.573. The number of nitrogens with zero attached hydrogens (tertiary/aromatic N) is 2. The number of aromatic nitrogens is 2. The summed E-state index contributed by atoms with van der Waals surface area (Å²) in [6.45, 7) is 3.95. The van der Waals surface area contributed by atoms with E-state index in [1.54, 1.807) is 12.1 Å². The highest BCUT2D eigenvalue weighted by molar-refractivity contribution is 7.18. The van der Waals surface area contributed by atoms with Crippen molar-refractivity contribution in [1.29, 1.82) is 0 Å². The highest BCUT2D eigenvalue weighted by atomic mass is 35.5. The molecule has 2 atom stereocenters. The van der Waals surface area contributed by atoms with Gasteiger partial charge in [0.25, 0.3) is 0 Å². The number of hydrogen-bond donors (Lipinski definition) is 2. The molecule has 1 aliphatic carbocycles. The molecule has 1 aromatic carbocycles. The normalized spacial score (nSPS) is 16.0. The van der Waals surface area contributed by atoms with Gasteiger partial charge in [-0.1, -0.05) is 55.3 Å². The molecule has 1 saturated carbocycles. The molecule has 0 unspecified atom stereocenters. The fourth-order valence-corrected chi connectivity index (χ4v) is 3.36. The average molecular weight is 393 g/mol. The lowest BCUT2D eigenvalue weighted by Gasteiger charge is -2.22. The number of hydrogen-bond acceptors (Lipinski definition) is 5. The number of anilines is 1. The fourth-order valence-electron chi connectivity index (χ4n) is 2.48. The third kappa shape index (κ3) is 4.59. The van der Waals surface area contributed by atoms with Gasteiger partial charge in [-0.3, -0.25) is 14.9 Å². The Hall–Kier alpha value is -1.99. The summed E-state index contributed by atoms with van der Waals surface area (Å²) >= 11 is 7.18. The van der Waals surface area contributed by atoms with Gasteiger partial charge in [0.2, 0.25) is 16.9 Å². The third-order valence-corrected chi connectivity index (χ3v) is 5.63. The largest absolute Gasteiger partial charge is 0.344 e. The Labute approximate surface area is 161 Å². The van der Waals surface area contributed by atoms with Crippen LogP contribution < -0.4 is 10.6 Å². The Morgan fingerprint density at radius 3 is 2.58 bits per heavy atom. The van der Waals surface area contributed by atoms with Crippen molar-refractivity contribution < 1.29 is 9.59 Å². The summed E-state index contributed by atoms with van der Waals surface area (Å²) in [6, 6.07) is 6.70. The maximum absolute atomic E-state index is 12.7. The van der Waals surface area contributed by atoms with Crippen LogP contribution >= 0.6 is 22.9 Å². The van der Waals surface area contributed by atoms with Gasteiger partial charge in [-0.25, -0.2) is 0 Å². The van der Waals surface area contributed by atoms with Crippen molar-refractivity contribution in [2.75, 3.05) is 5.32 Å². The molecule has 0 aliphatic heterocycles. The van der Waals surface area contributed by atoms with Crippen LogP contribution in [0, 0.1) is 11.8 Å². The Balaban J connectivity index is 1.68. The number of halogens is 1. The van der Waals surface area contributed by atoms with Crippen molar-refractivity contribution >= 4 is 39.9 Å². The van der Waals surface area contributed by atoms with Gasteiger partial charge in [-0.05, 0) is 30.9 Å². The summed E-state index contributed by atoms with van der Waals surface area (Å²) < 4.78 is 0. The molecular formula is C18H21ClN4O2S. The van der Waals surface area contributed by atoms with Gasteiger partial charge in [-0.15, -0.1) is 10.2 Å². The van der Waals surface area contributed by atoms with Crippen LogP contribution in [0.4, 0.5) is 5.13 Å². The van der Waals surface area contributed by atoms with Gasteiger partial charge >= 0.3 is 0 Å². The van der Waals surface area contributed by atoms with Gasteiger partial charge < -0.3 is 5.32 Å². The molecule has 1 aliphatic rings.